The summed E-state index contributed by atoms with van der Waals surface area (Å²) in [6.45, 7) is 16.4. The van der Waals surface area contributed by atoms with Crippen LogP contribution in [-0.4, -0.2) is 66.7 Å². The lowest BCUT2D eigenvalue weighted by Gasteiger charge is -2.30. The Morgan fingerprint density at radius 1 is 0.704 bits per heavy atom. The molecule has 1 aliphatic rings. The fourth-order valence-corrected chi connectivity index (χ4v) is 19.3. The average Bonchev–Trinajstić information content (AvgIpc) is 2.65. The monoisotopic (exact) mass is 506 g/mol. The molecule has 2 atom stereocenters. The van der Waals surface area contributed by atoms with Crippen LogP contribution >= 0.6 is 0 Å². The van der Waals surface area contributed by atoms with Gasteiger partial charge in [0.05, 0.1) is 0 Å². The molecule has 27 heavy (non-hydrogen) atoms. The lowest BCUT2D eigenvalue weighted by molar-refractivity contribution is 0.289. The summed E-state index contributed by atoms with van der Waals surface area (Å²) in [5, 5.41) is 0. The van der Waals surface area contributed by atoms with E-state index in [9.17, 15) is 0 Å². The van der Waals surface area contributed by atoms with Gasteiger partial charge in [-0.2, -0.15) is 0 Å². The minimum absolute atomic E-state index is 0.233. The van der Waals surface area contributed by atoms with Gasteiger partial charge in [0.15, 0.2) is 0 Å². The Labute approximate surface area is 182 Å². The standard InChI is InChI=1S/C10H34O6Si7.2C2H6/c1-17-11-19-12-18-9-7-5-6-8-10-23-15-21(3)13-20(2)14-22(4)16-23;2*1-2/h20-23H,5-10,17-19H2,1-4H3;2*1-2H3. The van der Waals surface area contributed by atoms with Crippen LogP contribution in [0.3, 0.4) is 0 Å². The minimum atomic E-state index is -1.55. The third kappa shape index (κ3) is 20.3. The van der Waals surface area contributed by atoms with Gasteiger partial charge in [0.25, 0.3) is 37.9 Å². The Hall–Kier alpha value is 1.28. The maximum atomic E-state index is 6.12. The Balaban J connectivity index is 0. The smallest absolute Gasteiger partial charge is 0.303 e. The van der Waals surface area contributed by atoms with Gasteiger partial charge in [-0.05, 0) is 31.7 Å². The summed E-state index contributed by atoms with van der Waals surface area (Å²) in [5.41, 5.74) is 0. The number of hydrogen-bond donors (Lipinski definition) is 0. The number of hydrogen-bond acceptors (Lipinski definition) is 6. The van der Waals surface area contributed by atoms with Gasteiger partial charge in [-0.3, -0.25) is 0 Å². The summed E-state index contributed by atoms with van der Waals surface area (Å²) in [7, 11) is -7.17. The van der Waals surface area contributed by atoms with E-state index in [4.69, 9.17) is 24.7 Å². The molecule has 0 saturated carbocycles. The van der Waals surface area contributed by atoms with E-state index in [2.05, 4.69) is 26.2 Å². The quantitative estimate of drug-likeness (QED) is 0.309. The average molecular weight is 507 g/mol. The van der Waals surface area contributed by atoms with Gasteiger partial charge in [-0.25, -0.2) is 0 Å². The number of rotatable bonds is 11. The molecule has 6 nitrogen and oxygen atoms in total. The normalized spacial score (nSPS) is 26.7. The largest absolute Gasteiger partial charge is 0.447 e. The molecule has 1 aliphatic heterocycles. The van der Waals surface area contributed by atoms with Crippen LogP contribution in [0.4, 0.5) is 0 Å². The zero-order valence-electron chi connectivity index (χ0n) is 19.1. The van der Waals surface area contributed by atoms with E-state index in [0.29, 0.717) is 0 Å². The second kappa shape index (κ2) is 23.6. The van der Waals surface area contributed by atoms with Crippen molar-refractivity contribution in [3.63, 3.8) is 0 Å². The Bertz CT molecular complexity index is 283. The molecule has 0 N–H and O–H groups in total. The van der Waals surface area contributed by atoms with Gasteiger partial charge in [0.2, 0.25) is 0 Å². The first kappa shape index (κ1) is 30.5. The molecule has 0 amide bonds. The highest BCUT2D eigenvalue weighted by molar-refractivity contribution is 6.72. The van der Waals surface area contributed by atoms with Crippen molar-refractivity contribution >= 4 is 66.7 Å². The predicted octanol–water partition coefficient (Wildman–Crippen LogP) is 1.12. The molecule has 0 aliphatic carbocycles. The van der Waals surface area contributed by atoms with Crippen LogP contribution in [0.25, 0.3) is 0 Å². The maximum Gasteiger partial charge on any atom is 0.303 e. The molecule has 0 radical (unpaired) electrons. The van der Waals surface area contributed by atoms with Crippen LogP contribution in [0.5, 0.6) is 0 Å². The highest BCUT2D eigenvalue weighted by atomic mass is 28.5. The Morgan fingerprint density at radius 2 is 1.22 bits per heavy atom. The van der Waals surface area contributed by atoms with Gasteiger partial charge in [-0.15, -0.1) is 0 Å². The molecular formula is C14H46O6Si7. The van der Waals surface area contributed by atoms with Crippen molar-refractivity contribution in [2.45, 2.75) is 91.7 Å². The second-order valence-electron chi connectivity index (χ2n) is 5.75. The first-order chi connectivity index (χ1) is 13.1. The molecule has 13 heteroatoms. The molecule has 1 rings (SSSR count). The zero-order chi connectivity index (χ0) is 20.9. The highest BCUT2D eigenvalue weighted by Crippen LogP contribution is 2.14. The lowest BCUT2D eigenvalue weighted by Crippen LogP contribution is -2.45. The lowest BCUT2D eigenvalue weighted by atomic mass is 10.2. The SMILES string of the molecule is CC.CC.C[SiH2]O[SiH2]O[SiH2]CCCCCC[SiH]1O[SiH](C)O[SiH](C)O[SiH](C)O1. The van der Waals surface area contributed by atoms with Crippen LogP contribution < -0.4 is 0 Å². The second-order valence-corrected chi connectivity index (χ2v) is 20.1. The summed E-state index contributed by atoms with van der Waals surface area (Å²) < 4.78 is 35.2. The van der Waals surface area contributed by atoms with Crippen molar-refractivity contribution in [2.75, 3.05) is 0 Å². The molecule has 0 spiro atoms. The van der Waals surface area contributed by atoms with Crippen molar-refractivity contribution in [3.8, 4) is 0 Å². The third-order valence-electron chi connectivity index (χ3n) is 3.55. The van der Waals surface area contributed by atoms with Crippen LogP contribution in [0.2, 0.25) is 38.3 Å². The van der Waals surface area contributed by atoms with Crippen molar-refractivity contribution in [3.05, 3.63) is 0 Å². The van der Waals surface area contributed by atoms with Crippen molar-refractivity contribution in [1.29, 1.82) is 0 Å². The van der Waals surface area contributed by atoms with E-state index in [1.807, 2.05) is 27.7 Å². The summed E-state index contributed by atoms with van der Waals surface area (Å²) in [5.74, 6) is 0. The highest BCUT2D eigenvalue weighted by Gasteiger charge is 2.28. The molecule has 1 heterocycles. The molecule has 0 aromatic heterocycles. The molecule has 0 aromatic carbocycles. The molecule has 1 fully saturated rings. The van der Waals surface area contributed by atoms with Gasteiger partial charge in [0, 0.05) is 0 Å². The minimum Gasteiger partial charge on any atom is -0.447 e. The van der Waals surface area contributed by atoms with Gasteiger partial charge >= 0.3 is 9.28 Å². The molecular weight excluding hydrogens is 461 g/mol. The first-order valence-corrected chi connectivity index (χ1v) is 23.7. The maximum absolute atomic E-state index is 6.12. The molecule has 1 saturated heterocycles. The molecule has 166 valence electrons. The number of unbranched alkanes of at least 4 members (excludes halogenated alkanes) is 3. The first-order valence-electron chi connectivity index (χ1n) is 10.9. The van der Waals surface area contributed by atoms with E-state index in [-0.39, 0.29) is 19.5 Å². The van der Waals surface area contributed by atoms with E-state index >= 15 is 0 Å². The fourth-order valence-electron chi connectivity index (χ4n) is 2.48. The van der Waals surface area contributed by atoms with Crippen molar-refractivity contribution in [1.82, 2.24) is 0 Å². The summed E-state index contributed by atoms with van der Waals surface area (Å²) in [6.07, 6.45) is 5.11. The van der Waals surface area contributed by atoms with Crippen LogP contribution in [0.15, 0.2) is 0 Å². The summed E-state index contributed by atoms with van der Waals surface area (Å²) in [4.78, 5) is 0. The van der Waals surface area contributed by atoms with Gasteiger partial charge in [-0.1, -0.05) is 59.9 Å². The van der Waals surface area contributed by atoms with E-state index < -0.39 is 47.1 Å². The van der Waals surface area contributed by atoms with E-state index in [0.717, 1.165) is 6.04 Å². The summed E-state index contributed by atoms with van der Waals surface area (Å²) in [6, 6.07) is 2.40. The van der Waals surface area contributed by atoms with Gasteiger partial charge in [0.1, 0.15) is 19.5 Å². The van der Waals surface area contributed by atoms with Gasteiger partial charge < -0.3 is 24.7 Å². The van der Waals surface area contributed by atoms with E-state index in [1.165, 1.54) is 31.7 Å². The van der Waals surface area contributed by atoms with E-state index in [1.54, 1.807) is 0 Å². The van der Waals surface area contributed by atoms with Crippen LogP contribution in [0.1, 0.15) is 53.4 Å². The zero-order valence-corrected chi connectivity index (χ0v) is 28.0. The van der Waals surface area contributed by atoms with Crippen molar-refractivity contribution in [2.24, 2.45) is 0 Å². The molecule has 0 bridgehead atoms. The van der Waals surface area contributed by atoms with Crippen molar-refractivity contribution < 1.29 is 24.7 Å². The van der Waals surface area contributed by atoms with Crippen LogP contribution in [-0.2, 0) is 24.7 Å². The Kier molecular flexibility index (Phi) is 26.6. The molecule has 0 aromatic rings. The topological polar surface area (TPSA) is 55.4 Å². The summed E-state index contributed by atoms with van der Waals surface area (Å²) >= 11 is 0. The molecule has 2 unspecified atom stereocenters. The predicted molar refractivity (Wildman–Crippen MR) is 135 cm³/mol. The van der Waals surface area contributed by atoms with Crippen LogP contribution in [0, 0.1) is 0 Å². The fraction of sp³-hybridized carbons (Fsp3) is 1.00. The Morgan fingerprint density at radius 3 is 1.78 bits per heavy atom. The third-order valence-corrected chi connectivity index (χ3v) is 21.0.